The Balaban J connectivity index is 1.89. The molecule has 7 heteroatoms. The number of primary amides is 1. The normalized spacial score (nSPS) is 26.8. The molecule has 2 fully saturated rings. The summed E-state index contributed by atoms with van der Waals surface area (Å²) in [5, 5.41) is 15.1. The molecule has 17 heavy (non-hydrogen) atoms. The predicted octanol–water partition coefficient (Wildman–Crippen LogP) is 0.715. The number of nitrogens with two attached hydrogens (primary N) is 1. The minimum absolute atomic E-state index is 0.0719. The number of rotatable bonds is 4. The van der Waals surface area contributed by atoms with E-state index >= 15 is 0 Å². The van der Waals surface area contributed by atoms with Crippen LogP contribution in [0.4, 0.5) is 5.69 Å². The van der Waals surface area contributed by atoms with Gasteiger partial charge in [-0.15, -0.1) is 0 Å². The van der Waals surface area contributed by atoms with E-state index in [1.54, 1.807) is 4.68 Å². The van der Waals surface area contributed by atoms with Crippen LogP contribution in [0.1, 0.15) is 36.9 Å². The third kappa shape index (κ3) is 1.67. The van der Waals surface area contributed by atoms with Gasteiger partial charge in [-0.3, -0.25) is 19.6 Å². The van der Waals surface area contributed by atoms with Gasteiger partial charge >= 0.3 is 5.69 Å². The number of hydrogen-bond acceptors (Lipinski definition) is 4. The summed E-state index contributed by atoms with van der Waals surface area (Å²) >= 11 is 0. The van der Waals surface area contributed by atoms with Crippen LogP contribution in [0.15, 0.2) is 6.20 Å². The van der Waals surface area contributed by atoms with Crippen molar-refractivity contribution in [2.24, 2.45) is 11.7 Å². The molecule has 1 aromatic heterocycles. The zero-order chi connectivity index (χ0) is 12.2. The minimum Gasteiger partial charge on any atom is -0.369 e. The molecule has 3 rings (SSSR count). The first-order chi connectivity index (χ1) is 8.08. The van der Waals surface area contributed by atoms with Crippen LogP contribution in [0.3, 0.4) is 0 Å². The van der Waals surface area contributed by atoms with Gasteiger partial charge in [-0.1, -0.05) is 0 Å². The van der Waals surface area contributed by atoms with E-state index < -0.39 is 4.92 Å². The molecule has 2 aliphatic carbocycles. The molecule has 0 radical (unpaired) electrons. The quantitative estimate of drug-likeness (QED) is 0.614. The van der Waals surface area contributed by atoms with E-state index in [-0.39, 0.29) is 29.5 Å². The second-order valence-corrected chi connectivity index (χ2v) is 4.72. The van der Waals surface area contributed by atoms with Gasteiger partial charge in [0.1, 0.15) is 11.9 Å². The zero-order valence-corrected chi connectivity index (χ0v) is 9.07. The van der Waals surface area contributed by atoms with Crippen molar-refractivity contribution in [2.75, 3.05) is 0 Å². The van der Waals surface area contributed by atoms with E-state index in [0.717, 1.165) is 12.8 Å². The molecule has 2 N–H and O–H groups in total. The van der Waals surface area contributed by atoms with Crippen LogP contribution in [0.25, 0.3) is 0 Å². The molecule has 0 bridgehead atoms. The van der Waals surface area contributed by atoms with E-state index in [2.05, 4.69) is 5.10 Å². The number of nitrogens with zero attached hydrogens (tertiary/aromatic N) is 3. The summed E-state index contributed by atoms with van der Waals surface area (Å²) in [7, 11) is 0. The highest BCUT2D eigenvalue weighted by Gasteiger charge is 2.46. The largest absolute Gasteiger partial charge is 0.369 e. The highest BCUT2D eigenvalue weighted by Crippen LogP contribution is 2.47. The van der Waals surface area contributed by atoms with Crippen LogP contribution < -0.4 is 5.73 Å². The Labute approximate surface area is 96.7 Å². The lowest BCUT2D eigenvalue weighted by atomic mass is 10.3. The summed E-state index contributed by atoms with van der Waals surface area (Å²) in [5.41, 5.74) is 5.82. The van der Waals surface area contributed by atoms with Gasteiger partial charge in [0.25, 0.3) is 0 Å². The SMILES string of the molecule is NC(=O)C1CC1n1cc([N+](=O)[O-])c(C2CC2)n1. The second kappa shape index (κ2) is 3.28. The van der Waals surface area contributed by atoms with Gasteiger partial charge < -0.3 is 5.73 Å². The molecule has 0 saturated heterocycles. The van der Waals surface area contributed by atoms with Crippen LogP contribution in [0.2, 0.25) is 0 Å². The highest BCUT2D eigenvalue weighted by molar-refractivity contribution is 5.80. The molecular formula is C10H12N4O3. The molecule has 2 aliphatic rings. The van der Waals surface area contributed by atoms with Crippen molar-refractivity contribution < 1.29 is 9.72 Å². The van der Waals surface area contributed by atoms with Crippen LogP contribution in [0.5, 0.6) is 0 Å². The fourth-order valence-electron chi connectivity index (χ4n) is 2.13. The fourth-order valence-corrected chi connectivity index (χ4v) is 2.13. The Morgan fingerprint density at radius 2 is 2.29 bits per heavy atom. The first-order valence-corrected chi connectivity index (χ1v) is 5.60. The average Bonchev–Trinajstić information content (AvgIpc) is 3.15. The molecule has 2 saturated carbocycles. The van der Waals surface area contributed by atoms with E-state index in [0.29, 0.717) is 12.1 Å². The van der Waals surface area contributed by atoms with Gasteiger partial charge in [0.15, 0.2) is 0 Å². The zero-order valence-electron chi connectivity index (χ0n) is 9.07. The van der Waals surface area contributed by atoms with Crippen molar-refractivity contribution in [3.63, 3.8) is 0 Å². The van der Waals surface area contributed by atoms with Gasteiger partial charge in [0.2, 0.25) is 5.91 Å². The lowest BCUT2D eigenvalue weighted by Gasteiger charge is -1.96. The Kier molecular flexibility index (Phi) is 1.98. The standard InChI is InChI=1S/C10H12N4O3/c11-10(15)6-3-7(6)13-4-8(14(16)17)9(12-13)5-1-2-5/h4-7H,1-3H2,(H2,11,15). The number of nitro groups is 1. The molecule has 0 spiro atoms. The van der Waals surface area contributed by atoms with E-state index in [4.69, 9.17) is 5.73 Å². The number of hydrogen-bond donors (Lipinski definition) is 1. The van der Waals surface area contributed by atoms with Gasteiger partial charge in [-0.2, -0.15) is 5.10 Å². The van der Waals surface area contributed by atoms with Gasteiger partial charge in [0.05, 0.1) is 16.9 Å². The lowest BCUT2D eigenvalue weighted by molar-refractivity contribution is -0.385. The summed E-state index contributed by atoms with van der Waals surface area (Å²) in [6, 6.07) is -0.0845. The Bertz CT molecular complexity index is 506. The third-order valence-electron chi connectivity index (χ3n) is 3.36. The highest BCUT2D eigenvalue weighted by atomic mass is 16.6. The average molecular weight is 236 g/mol. The van der Waals surface area contributed by atoms with Crippen molar-refractivity contribution in [2.45, 2.75) is 31.2 Å². The maximum absolute atomic E-state index is 11.0. The minimum atomic E-state index is -0.404. The van der Waals surface area contributed by atoms with Gasteiger partial charge in [-0.25, -0.2) is 0 Å². The Morgan fingerprint density at radius 1 is 1.59 bits per heavy atom. The van der Waals surface area contributed by atoms with E-state index in [1.165, 1.54) is 6.20 Å². The first kappa shape index (κ1) is 10.2. The number of carbonyl (C=O) groups is 1. The number of amides is 1. The lowest BCUT2D eigenvalue weighted by Crippen LogP contribution is -2.15. The summed E-state index contributed by atoms with van der Waals surface area (Å²) in [4.78, 5) is 21.4. The summed E-state index contributed by atoms with van der Waals surface area (Å²) in [6.07, 6.45) is 3.99. The van der Waals surface area contributed by atoms with Crippen molar-refractivity contribution >= 4 is 11.6 Å². The molecule has 7 nitrogen and oxygen atoms in total. The van der Waals surface area contributed by atoms with Gasteiger partial charge in [-0.05, 0) is 19.3 Å². The van der Waals surface area contributed by atoms with Crippen molar-refractivity contribution in [1.82, 2.24) is 9.78 Å². The molecule has 0 aliphatic heterocycles. The maximum atomic E-state index is 11.0. The van der Waals surface area contributed by atoms with E-state index in [1.807, 2.05) is 0 Å². The van der Waals surface area contributed by atoms with Crippen LogP contribution >= 0.6 is 0 Å². The van der Waals surface area contributed by atoms with Crippen LogP contribution in [-0.4, -0.2) is 20.6 Å². The van der Waals surface area contributed by atoms with Gasteiger partial charge in [0, 0.05) is 5.92 Å². The topological polar surface area (TPSA) is 104 Å². The molecule has 1 heterocycles. The third-order valence-corrected chi connectivity index (χ3v) is 3.36. The second-order valence-electron chi connectivity index (χ2n) is 4.72. The molecular weight excluding hydrogens is 224 g/mol. The molecule has 2 atom stereocenters. The Hall–Kier alpha value is -1.92. The summed E-state index contributed by atoms with van der Waals surface area (Å²) < 4.78 is 1.54. The predicted molar refractivity (Wildman–Crippen MR) is 57.2 cm³/mol. The van der Waals surface area contributed by atoms with E-state index in [9.17, 15) is 14.9 Å². The first-order valence-electron chi connectivity index (χ1n) is 5.60. The number of aromatic nitrogens is 2. The van der Waals surface area contributed by atoms with Crippen LogP contribution in [-0.2, 0) is 4.79 Å². The molecule has 2 unspecified atom stereocenters. The molecule has 0 aromatic carbocycles. The molecule has 1 amide bonds. The van der Waals surface area contributed by atoms with Crippen molar-refractivity contribution in [3.8, 4) is 0 Å². The summed E-state index contributed by atoms with van der Waals surface area (Å²) in [5.74, 6) is -0.356. The smallest absolute Gasteiger partial charge is 0.310 e. The number of carbonyl (C=O) groups excluding carboxylic acids is 1. The maximum Gasteiger partial charge on any atom is 0.310 e. The van der Waals surface area contributed by atoms with Crippen molar-refractivity contribution in [3.05, 3.63) is 22.0 Å². The fraction of sp³-hybridized carbons (Fsp3) is 0.600. The molecule has 1 aromatic rings. The van der Waals surface area contributed by atoms with Crippen molar-refractivity contribution in [1.29, 1.82) is 0 Å². The Morgan fingerprint density at radius 3 is 2.76 bits per heavy atom. The monoisotopic (exact) mass is 236 g/mol. The summed E-state index contributed by atoms with van der Waals surface area (Å²) in [6.45, 7) is 0. The van der Waals surface area contributed by atoms with Crippen LogP contribution in [0, 0.1) is 16.0 Å². The molecule has 90 valence electrons.